The van der Waals surface area contributed by atoms with Gasteiger partial charge in [-0.25, -0.2) is 0 Å². The normalized spacial score (nSPS) is 30.6. The van der Waals surface area contributed by atoms with Crippen molar-refractivity contribution >= 4 is 29.0 Å². The van der Waals surface area contributed by atoms with Crippen LogP contribution in [-0.4, -0.2) is 69.9 Å². The molecule has 0 aliphatic heterocycles. The lowest BCUT2D eigenvalue weighted by Gasteiger charge is -2.52. The lowest BCUT2D eigenvalue weighted by molar-refractivity contribution is -0.181. The number of amides is 1. The van der Waals surface area contributed by atoms with Crippen LogP contribution in [0.5, 0.6) is 5.75 Å². The number of carbonyl (C=O) groups excluding carboxylic acids is 5. The van der Waals surface area contributed by atoms with E-state index < -0.39 is 64.4 Å². The fraction of sp³-hybridized carbons (Fsp3) is 0.393. The van der Waals surface area contributed by atoms with Crippen LogP contribution in [0.4, 0.5) is 0 Å². The van der Waals surface area contributed by atoms with Gasteiger partial charge in [-0.2, -0.15) is 0 Å². The van der Waals surface area contributed by atoms with Crippen LogP contribution in [0.15, 0.2) is 36.4 Å². The monoisotopic (exact) mass is 519 g/mol. The molecule has 0 aromatic heterocycles. The van der Waals surface area contributed by atoms with Crippen molar-refractivity contribution < 1.29 is 34.2 Å². The highest BCUT2D eigenvalue weighted by Crippen LogP contribution is 2.52. The van der Waals surface area contributed by atoms with Crippen molar-refractivity contribution in [2.24, 2.45) is 35.1 Å². The van der Waals surface area contributed by atoms with Gasteiger partial charge in [0.05, 0.1) is 17.5 Å². The number of aliphatic hydroxyl groups is 1. The summed E-state index contributed by atoms with van der Waals surface area (Å²) < 4.78 is 0. The van der Waals surface area contributed by atoms with Gasteiger partial charge in [-0.1, -0.05) is 30.3 Å². The van der Waals surface area contributed by atoms with Crippen molar-refractivity contribution in [3.63, 3.8) is 0 Å². The fourth-order valence-corrected chi connectivity index (χ4v) is 6.76. The summed E-state index contributed by atoms with van der Waals surface area (Å²) in [7, 11) is 3.10. The number of nitrogens with two attached hydrogens (primary N) is 2. The Kier molecular flexibility index (Phi) is 6.09. The molecule has 2 fully saturated rings. The second kappa shape index (κ2) is 8.93. The maximum Gasteiger partial charge on any atom is 0.235 e. The molecule has 10 heteroatoms. The molecular weight excluding hydrogens is 490 g/mol. The van der Waals surface area contributed by atoms with E-state index in [1.165, 1.54) is 4.90 Å². The topological polar surface area (TPSA) is 181 Å². The molecule has 5 rings (SSSR count). The van der Waals surface area contributed by atoms with Crippen molar-refractivity contribution in [1.29, 1.82) is 0 Å². The number of rotatable bonds is 4. The Hall–Kier alpha value is -3.73. The molecule has 2 saturated carbocycles. The van der Waals surface area contributed by atoms with Crippen LogP contribution in [0, 0.1) is 23.7 Å². The average molecular weight is 520 g/mol. The molecule has 0 saturated heterocycles. The highest BCUT2D eigenvalue weighted by molar-refractivity contribution is 6.32. The largest absolute Gasteiger partial charge is 0.507 e. The predicted molar refractivity (Wildman–Crippen MR) is 135 cm³/mol. The molecule has 6 atom stereocenters. The smallest absolute Gasteiger partial charge is 0.235 e. The summed E-state index contributed by atoms with van der Waals surface area (Å²) in [6.07, 6.45) is 0.187. The maximum absolute atomic E-state index is 13.9. The van der Waals surface area contributed by atoms with E-state index in [0.29, 0.717) is 16.7 Å². The summed E-state index contributed by atoms with van der Waals surface area (Å²) in [5.41, 5.74) is 10.7. The number of hydrogen-bond acceptors (Lipinski definition) is 9. The number of nitrogens with zero attached hydrogens (tertiary/aromatic N) is 1. The average Bonchev–Trinajstić information content (AvgIpc) is 2.86. The number of ketones is 4. The minimum absolute atomic E-state index is 0.00245. The van der Waals surface area contributed by atoms with E-state index in [1.807, 2.05) is 30.3 Å². The molecule has 198 valence electrons. The van der Waals surface area contributed by atoms with Crippen LogP contribution in [0.1, 0.15) is 27.9 Å². The zero-order valence-electron chi connectivity index (χ0n) is 21.0. The summed E-state index contributed by atoms with van der Waals surface area (Å²) in [4.78, 5) is 68.0. The molecule has 2 unspecified atom stereocenters. The second-order valence-corrected chi connectivity index (χ2v) is 10.6. The Labute approximate surface area is 218 Å². The molecule has 38 heavy (non-hydrogen) atoms. The molecule has 10 nitrogen and oxygen atoms in total. The van der Waals surface area contributed by atoms with Gasteiger partial charge in [-0.05, 0) is 55.6 Å². The van der Waals surface area contributed by atoms with Gasteiger partial charge in [0.15, 0.2) is 34.7 Å². The number of fused-ring (bicyclic) bond motifs is 3. The molecule has 1 amide bonds. The number of aromatic hydroxyl groups is 1. The van der Waals surface area contributed by atoms with E-state index >= 15 is 0 Å². The van der Waals surface area contributed by atoms with Crippen molar-refractivity contribution in [3.05, 3.63) is 53.1 Å². The van der Waals surface area contributed by atoms with Crippen LogP contribution in [0.3, 0.4) is 0 Å². The summed E-state index contributed by atoms with van der Waals surface area (Å²) >= 11 is 0. The molecule has 2 aromatic carbocycles. The SMILES string of the molecule is CN(C)[C@H]1C(=O)C(C(N)=O)C(=O)[C@@]2(O)C(=O)C3C(=O)c4c(O)c(CN)cc(-c5ccccc5)c4C[C@H]3C[C@@H]12. The Morgan fingerprint density at radius 1 is 1.11 bits per heavy atom. The third-order valence-corrected chi connectivity index (χ3v) is 8.44. The molecule has 0 heterocycles. The van der Waals surface area contributed by atoms with Gasteiger partial charge in [-0.15, -0.1) is 0 Å². The Bertz CT molecular complexity index is 1400. The van der Waals surface area contributed by atoms with Crippen LogP contribution in [0.25, 0.3) is 11.1 Å². The third kappa shape index (κ3) is 3.40. The Morgan fingerprint density at radius 2 is 1.76 bits per heavy atom. The molecular formula is C28H29N3O7. The van der Waals surface area contributed by atoms with Gasteiger partial charge in [-0.3, -0.25) is 28.9 Å². The predicted octanol–water partition coefficient (Wildman–Crippen LogP) is -0.00730. The molecule has 0 radical (unpaired) electrons. The van der Waals surface area contributed by atoms with E-state index in [4.69, 9.17) is 11.5 Å². The lowest BCUT2D eigenvalue weighted by Crippen LogP contribution is -2.74. The summed E-state index contributed by atoms with van der Waals surface area (Å²) in [5, 5.41) is 22.7. The van der Waals surface area contributed by atoms with Crippen molar-refractivity contribution in [1.82, 2.24) is 4.90 Å². The number of primary amides is 1. The van der Waals surface area contributed by atoms with Gasteiger partial charge >= 0.3 is 0 Å². The number of phenolic OH excluding ortho intramolecular Hbond substituents is 1. The van der Waals surface area contributed by atoms with E-state index in [1.54, 1.807) is 20.2 Å². The number of phenols is 1. The third-order valence-electron chi connectivity index (χ3n) is 8.44. The minimum atomic E-state index is -2.75. The van der Waals surface area contributed by atoms with Crippen molar-refractivity contribution in [2.75, 3.05) is 14.1 Å². The highest BCUT2D eigenvalue weighted by atomic mass is 16.3. The summed E-state index contributed by atoms with van der Waals surface area (Å²) in [6.45, 7) is -0.0638. The van der Waals surface area contributed by atoms with Gasteiger partial charge in [0.1, 0.15) is 5.75 Å². The zero-order valence-corrected chi connectivity index (χ0v) is 21.0. The standard InChI is InChI=1S/C28H29N3O7/c1-31(2)21-17-10-13-8-16-15(12-6-4-3-5-7-12)9-14(11-29)22(32)19(16)23(33)18(13)25(35)28(17,38)26(36)20(24(21)34)27(30)37/h3-7,9,13,17-18,20-21,32,38H,8,10-11,29H2,1-2H3,(H2,30,37)/t13-,17-,18?,20?,21+,28-/m0/s1. The van der Waals surface area contributed by atoms with Crippen LogP contribution >= 0.6 is 0 Å². The Balaban J connectivity index is 1.70. The van der Waals surface area contributed by atoms with Gasteiger partial charge in [0, 0.05) is 18.0 Å². The second-order valence-electron chi connectivity index (χ2n) is 10.6. The molecule has 3 aliphatic rings. The molecule has 6 N–H and O–H groups in total. The van der Waals surface area contributed by atoms with Crippen LogP contribution in [0.2, 0.25) is 0 Å². The van der Waals surface area contributed by atoms with Crippen LogP contribution < -0.4 is 11.5 Å². The van der Waals surface area contributed by atoms with Crippen LogP contribution in [-0.2, 0) is 32.1 Å². The number of hydrogen-bond donors (Lipinski definition) is 4. The summed E-state index contributed by atoms with van der Waals surface area (Å²) in [5.74, 6) is -10.7. The molecule has 0 spiro atoms. The number of benzene rings is 2. The number of carbonyl (C=O) groups is 5. The number of likely N-dealkylation sites (N-methyl/N-ethyl adjacent to an activating group) is 1. The first-order valence-corrected chi connectivity index (χ1v) is 12.4. The maximum atomic E-state index is 13.9. The first-order valence-electron chi connectivity index (χ1n) is 12.4. The fourth-order valence-electron chi connectivity index (χ4n) is 6.76. The summed E-state index contributed by atoms with van der Waals surface area (Å²) in [6, 6.07) is 9.83. The molecule has 3 aliphatic carbocycles. The zero-order chi connectivity index (χ0) is 27.7. The van der Waals surface area contributed by atoms with Gasteiger partial charge in [0.2, 0.25) is 5.91 Å². The minimum Gasteiger partial charge on any atom is -0.507 e. The molecule has 0 bridgehead atoms. The first-order chi connectivity index (χ1) is 17.9. The quantitative estimate of drug-likeness (QED) is 0.404. The van der Waals surface area contributed by atoms with E-state index in [2.05, 4.69) is 0 Å². The van der Waals surface area contributed by atoms with Crippen molar-refractivity contribution in [2.45, 2.75) is 31.0 Å². The van der Waals surface area contributed by atoms with Gasteiger partial charge < -0.3 is 21.7 Å². The highest BCUT2D eigenvalue weighted by Gasteiger charge is 2.69. The van der Waals surface area contributed by atoms with Gasteiger partial charge in [0.25, 0.3) is 0 Å². The number of Topliss-reactive ketones (excluding diaryl/α,β-unsaturated/α-hetero) is 4. The first kappa shape index (κ1) is 25.9. The van der Waals surface area contributed by atoms with E-state index in [9.17, 15) is 34.2 Å². The molecule has 2 aromatic rings. The van der Waals surface area contributed by atoms with Crippen molar-refractivity contribution in [3.8, 4) is 16.9 Å². The lowest BCUT2D eigenvalue weighted by atomic mass is 9.52. The Morgan fingerprint density at radius 3 is 2.34 bits per heavy atom. The van der Waals surface area contributed by atoms with E-state index in [0.717, 1.165) is 5.56 Å². The van der Waals surface area contributed by atoms with E-state index in [-0.39, 0.29) is 30.7 Å².